The van der Waals surface area contributed by atoms with Gasteiger partial charge >= 0.3 is 0 Å². The number of rotatable bonds is 9. The number of benzene rings is 1. The lowest BCUT2D eigenvalue weighted by Crippen LogP contribution is -2.59. The Morgan fingerprint density at radius 3 is 2.74 bits per heavy atom. The van der Waals surface area contributed by atoms with Gasteiger partial charge in [-0.15, -0.1) is 5.10 Å². The molecule has 0 unspecified atom stereocenters. The number of piperidine rings is 1. The van der Waals surface area contributed by atoms with Crippen molar-refractivity contribution in [2.45, 2.75) is 38.8 Å². The molecule has 0 spiro atoms. The molecule has 0 amide bonds. The van der Waals surface area contributed by atoms with Crippen molar-refractivity contribution < 1.29 is 22.6 Å². The van der Waals surface area contributed by atoms with E-state index < -0.39 is 18.8 Å². The van der Waals surface area contributed by atoms with Crippen LogP contribution in [0.4, 0.5) is 30.5 Å². The second kappa shape index (κ2) is 10.4. The summed E-state index contributed by atoms with van der Waals surface area (Å²) in [6.07, 6.45) is -0.0258. The maximum atomic E-state index is 14.8. The Morgan fingerprint density at radius 2 is 2.11 bits per heavy atom. The highest BCUT2D eigenvalue weighted by molar-refractivity contribution is 5.87. The first kappa shape index (κ1) is 26.2. The van der Waals surface area contributed by atoms with Crippen molar-refractivity contribution in [3.05, 3.63) is 30.2 Å². The molecule has 2 aliphatic heterocycles. The van der Waals surface area contributed by atoms with E-state index in [1.165, 1.54) is 19.2 Å². The van der Waals surface area contributed by atoms with Crippen molar-refractivity contribution >= 4 is 22.8 Å². The highest BCUT2D eigenvalue weighted by atomic mass is 19.3. The molecule has 0 radical (unpaired) electrons. The zero-order valence-corrected chi connectivity index (χ0v) is 21.5. The van der Waals surface area contributed by atoms with E-state index in [4.69, 9.17) is 15.0 Å². The molecule has 38 heavy (non-hydrogen) atoms. The molecular formula is C25H31F3N8O2. The third-order valence-corrected chi connectivity index (χ3v) is 7.30. The van der Waals surface area contributed by atoms with Gasteiger partial charge in [-0.05, 0) is 35.6 Å². The van der Waals surface area contributed by atoms with Crippen LogP contribution in [0.3, 0.4) is 0 Å². The van der Waals surface area contributed by atoms with Crippen LogP contribution in [-0.4, -0.2) is 78.0 Å². The molecule has 13 heteroatoms. The van der Waals surface area contributed by atoms with E-state index in [-0.39, 0.29) is 28.7 Å². The van der Waals surface area contributed by atoms with Crippen LogP contribution in [0.2, 0.25) is 0 Å². The third kappa shape index (κ3) is 4.99. The maximum Gasteiger partial charge on any atom is 0.255 e. The summed E-state index contributed by atoms with van der Waals surface area (Å²) < 4.78 is 52.9. The fraction of sp³-hybridized carbons (Fsp3) is 0.520. The molecule has 0 aliphatic carbocycles. The van der Waals surface area contributed by atoms with Gasteiger partial charge in [0.15, 0.2) is 5.82 Å². The van der Waals surface area contributed by atoms with Crippen LogP contribution in [0.1, 0.15) is 20.3 Å². The molecule has 4 heterocycles. The van der Waals surface area contributed by atoms with E-state index >= 15 is 0 Å². The predicted molar refractivity (Wildman–Crippen MR) is 136 cm³/mol. The fourth-order valence-corrected chi connectivity index (χ4v) is 5.19. The summed E-state index contributed by atoms with van der Waals surface area (Å²) in [6.45, 7) is 7.20. The normalized spacial score (nSPS) is 19.9. The topological polar surface area (TPSA) is 112 Å². The van der Waals surface area contributed by atoms with E-state index in [1.54, 1.807) is 16.8 Å². The molecule has 1 atom stereocenters. The smallest absolute Gasteiger partial charge is 0.255 e. The number of ether oxygens (including phenoxy) is 2. The van der Waals surface area contributed by atoms with Gasteiger partial charge in [0.25, 0.3) is 6.43 Å². The molecule has 3 N–H and O–H groups in total. The summed E-state index contributed by atoms with van der Waals surface area (Å²) in [5, 5.41) is 13.8. The number of anilines is 2. The zero-order chi connectivity index (χ0) is 27.0. The Hall–Kier alpha value is -3.45. The lowest BCUT2D eigenvalue weighted by molar-refractivity contribution is -0.0860. The quantitative estimate of drug-likeness (QED) is 0.340. The van der Waals surface area contributed by atoms with Gasteiger partial charge in [-0.1, -0.05) is 13.8 Å². The highest BCUT2D eigenvalue weighted by Crippen LogP contribution is 2.38. The van der Waals surface area contributed by atoms with Crippen LogP contribution in [0.5, 0.6) is 5.88 Å². The van der Waals surface area contributed by atoms with Gasteiger partial charge in [0.2, 0.25) is 11.8 Å². The number of methoxy groups -OCH3 is 1. The van der Waals surface area contributed by atoms with Crippen molar-refractivity contribution in [3.63, 3.8) is 0 Å². The lowest BCUT2D eigenvalue weighted by atomic mass is 9.78. The zero-order valence-electron chi connectivity index (χ0n) is 21.5. The van der Waals surface area contributed by atoms with Crippen LogP contribution in [-0.2, 0) is 4.74 Å². The summed E-state index contributed by atoms with van der Waals surface area (Å²) in [5.74, 6) is -0.126. The minimum absolute atomic E-state index is 0.00476. The monoisotopic (exact) mass is 532 g/mol. The summed E-state index contributed by atoms with van der Waals surface area (Å²) in [6, 6.07) is 5.02. The predicted octanol–water partition coefficient (Wildman–Crippen LogP) is 4.79. The maximum absolute atomic E-state index is 14.8. The Kier molecular flexibility index (Phi) is 7.14. The average molecular weight is 533 g/mol. The molecule has 10 nitrogen and oxygen atoms in total. The van der Waals surface area contributed by atoms with Gasteiger partial charge in [-0.3, -0.25) is 4.90 Å². The number of likely N-dealkylation sites (tertiary alicyclic amines) is 1. The molecular weight excluding hydrogens is 501 g/mol. The minimum Gasteiger partial charge on any atom is -0.479 e. The van der Waals surface area contributed by atoms with Gasteiger partial charge in [-0.25, -0.2) is 23.2 Å². The first-order valence-corrected chi connectivity index (χ1v) is 12.4. The Morgan fingerprint density at radius 1 is 1.32 bits per heavy atom. The number of nitrogens with one attached hydrogen (secondary N) is 3. The number of hydrogen-bond donors (Lipinski definition) is 3. The summed E-state index contributed by atoms with van der Waals surface area (Å²) in [5.41, 5.74) is 8.28. The third-order valence-electron chi connectivity index (χ3n) is 7.30. The molecule has 3 aromatic rings. The first-order chi connectivity index (χ1) is 18.2. The van der Waals surface area contributed by atoms with Crippen LogP contribution in [0.25, 0.3) is 16.6 Å². The number of aromatic nitrogens is 3. The molecule has 2 aromatic heterocycles. The van der Waals surface area contributed by atoms with Crippen molar-refractivity contribution in [2.24, 2.45) is 10.5 Å². The van der Waals surface area contributed by atoms with Gasteiger partial charge in [0.1, 0.15) is 11.2 Å². The number of hydrogen-bond acceptors (Lipinski definition) is 9. The molecule has 2 aliphatic rings. The Balaban J connectivity index is 1.44. The standard InChI is InChI=1S/C25H31F3N8O2/c1-25(2)13-35(15-11-38-12-15)6-5-19(25)31-24-32-23(37-3)22-16(4-7-36(22)34-24)14-8-17(26)21(33-29)18(9-14)30-10-20(27)28/h4,7-9,15,19-20,29-30H,5-6,10-13H2,1-3H3,(H,31,34)/t19-/m0/s1. The largest absolute Gasteiger partial charge is 0.479 e. The van der Waals surface area contributed by atoms with Crippen LogP contribution < -0.4 is 15.4 Å². The summed E-state index contributed by atoms with van der Waals surface area (Å²) in [7, 11) is 1.49. The van der Waals surface area contributed by atoms with Crippen LogP contribution in [0, 0.1) is 16.8 Å². The number of nitrogens with zero attached hydrogens (tertiary/aromatic N) is 5. The van der Waals surface area contributed by atoms with E-state index in [0.717, 1.165) is 32.7 Å². The molecule has 2 fully saturated rings. The van der Waals surface area contributed by atoms with Crippen LogP contribution >= 0.6 is 0 Å². The SMILES string of the molecule is COc1nc(N[C@H]2CCN(C3COC3)CC2(C)C)nn2ccc(-c3cc(F)c(N=N)c(NCC(F)F)c3)c12. The molecule has 5 rings (SSSR count). The number of fused-ring (bicyclic) bond motifs is 1. The Bertz CT molecular complexity index is 1330. The van der Waals surface area contributed by atoms with E-state index in [2.05, 4.69) is 44.6 Å². The number of alkyl halides is 2. The molecule has 0 saturated carbocycles. The summed E-state index contributed by atoms with van der Waals surface area (Å²) in [4.78, 5) is 7.08. The summed E-state index contributed by atoms with van der Waals surface area (Å²) >= 11 is 0. The Labute approximate surface area is 218 Å². The molecule has 0 bridgehead atoms. The first-order valence-electron chi connectivity index (χ1n) is 12.4. The van der Waals surface area contributed by atoms with E-state index in [1.807, 2.05) is 0 Å². The number of halogens is 3. The van der Waals surface area contributed by atoms with Gasteiger partial charge in [0.05, 0.1) is 38.6 Å². The van der Waals surface area contributed by atoms with Gasteiger partial charge < -0.3 is 20.1 Å². The van der Waals surface area contributed by atoms with Gasteiger partial charge in [0, 0.05) is 30.9 Å². The van der Waals surface area contributed by atoms with Gasteiger partial charge in [-0.2, -0.15) is 10.1 Å². The second-order valence-corrected chi connectivity index (χ2v) is 10.3. The van der Waals surface area contributed by atoms with Crippen molar-refractivity contribution in [3.8, 4) is 17.0 Å². The lowest BCUT2D eigenvalue weighted by Gasteiger charge is -2.49. The minimum atomic E-state index is -2.65. The molecule has 1 aromatic carbocycles. The highest BCUT2D eigenvalue weighted by Gasteiger charge is 2.40. The van der Waals surface area contributed by atoms with E-state index in [0.29, 0.717) is 28.6 Å². The van der Waals surface area contributed by atoms with Crippen LogP contribution in [0.15, 0.2) is 29.5 Å². The molecule has 204 valence electrons. The van der Waals surface area contributed by atoms with Crippen molar-refractivity contribution in [1.29, 1.82) is 5.53 Å². The van der Waals surface area contributed by atoms with Crippen molar-refractivity contribution in [2.75, 3.05) is 50.6 Å². The van der Waals surface area contributed by atoms with E-state index in [9.17, 15) is 13.2 Å². The van der Waals surface area contributed by atoms with Crippen molar-refractivity contribution in [1.82, 2.24) is 19.5 Å². The fourth-order valence-electron chi connectivity index (χ4n) is 5.19. The second-order valence-electron chi connectivity index (χ2n) is 10.3. The average Bonchev–Trinajstić information content (AvgIpc) is 3.26. The molecule has 2 saturated heterocycles.